The van der Waals surface area contributed by atoms with E-state index in [1.807, 2.05) is 18.2 Å². The third-order valence-electron chi connectivity index (χ3n) is 2.72. The first-order valence-electron chi connectivity index (χ1n) is 5.52. The predicted molar refractivity (Wildman–Crippen MR) is 69.6 cm³/mol. The highest BCUT2D eigenvalue weighted by molar-refractivity contribution is 5.81. The van der Waals surface area contributed by atoms with Gasteiger partial charge in [0, 0.05) is 6.21 Å². The Labute approximate surface area is 101 Å². The fourth-order valence-corrected chi connectivity index (χ4v) is 1.50. The molecule has 2 rings (SSSR count). The molecule has 17 heavy (non-hydrogen) atoms. The van der Waals surface area contributed by atoms with Gasteiger partial charge in [-0.05, 0) is 54.8 Å². The number of aliphatic imine (C=N–C) groups is 1. The van der Waals surface area contributed by atoms with E-state index < -0.39 is 0 Å². The number of hydrogen-bond donors (Lipinski definition) is 0. The summed E-state index contributed by atoms with van der Waals surface area (Å²) in [5, 5.41) is 0. The van der Waals surface area contributed by atoms with Gasteiger partial charge in [-0.15, -0.1) is 0 Å². The van der Waals surface area contributed by atoms with Crippen LogP contribution >= 0.6 is 0 Å². The topological polar surface area (TPSA) is 12.4 Å². The highest BCUT2D eigenvalue weighted by Crippen LogP contribution is 2.17. The molecule has 0 bridgehead atoms. The maximum atomic E-state index is 12.7. The maximum Gasteiger partial charge on any atom is 0.123 e. The predicted octanol–water partition coefficient (Wildman–Crippen LogP) is 4.19. The molecular formula is C15H14FN. The summed E-state index contributed by atoms with van der Waals surface area (Å²) >= 11 is 0. The SMILES string of the molecule is Cc1ccc(/N=C/c2ccc(F)cc2)cc1C. The van der Waals surface area contributed by atoms with E-state index >= 15 is 0 Å². The van der Waals surface area contributed by atoms with Crippen molar-refractivity contribution < 1.29 is 4.39 Å². The molecule has 0 fully saturated rings. The molecule has 0 aliphatic heterocycles. The van der Waals surface area contributed by atoms with E-state index in [-0.39, 0.29) is 5.82 Å². The van der Waals surface area contributed by atoms with Crippen molar-refractivity contribution in [3.63, 3.8) is 0 Å². The van der Waals surface area contributed by atoms with E-state index in [0.29, 0.717) is 0 Å². The Morgan fingerprint density at radius 1 is 0.941 bits per heavy atom. The van der Waals surface area contributed by atoms with Gasteiger partial charge >= 0.3 is 0 Å². The van der Waals surface area contributed by atoms with Gasteiger partial charge in [0.25, 0.3) is 0 Å². The number of benzene rings is 2. The molecule has 0 spiro atoms. The van der Waals surface area contributed by atoms with E-state index in [4.69, 9.17) is 0 Å². The lowest BCUT2D eigenvalue weighted by atomic mass is 10.1. The lowest BCUT2D eigenvalue weighted by Gasteiger charge is -2.00. The molecule has 0 atom stereocenters. The lowest BCUT2D eigenvalue weighted by Crippen LogP contribution is -1.82. The smallest absolute Gasteiger partial charge is 0.123 e. The molecule has 0 aliphatic rings. The van der Waals surface area contributed by atoms with Crippen LogP contribution in [0, 0.1) is 19.7 Å². The molecule has 86 valence electrons. The Bertz CT molecular complexity index is 541. The minimum Gasteiger partial charge on any atom is -0.256 e. The lowest BCUT2D eigenvalue weighted by molar-refractivity contribution is 0.628. The molecule has 0 aromatic heterocycles. The second-order valence-electron chi connectivity index (χ2n) is 4.08. The van der Waals surface area contributed by atoms with Gasteiger partial charge in [-0.2, -0.15) is 0 Å². The van der Waals surface area contributed by atoms with Crippen molar-refractivity contribution in [2.24, 2.45) is 4.99 Å². The van der Waals surface area contributed by atoms with E-state index in [9.17, 15) is 4.39 Å². The molecular weight excluding hydrogens is 213 g/mol. The fourth-order valence-electron chi connectivity index (χ4n) is 1.50. The number of halogens is 1. The average Bonchev–Trinajstić information content (AvgIpc) is 2.33. The molecule has 0 unspecified atom stereocenters. The molecule has 1 nitrogen and oxygen atoms in total. The summed E-state index contributed by atoms with van der Waals surface area (Å²) in [7, 11) is 0. The van der Waals surface area contributed by atoms with Crippen LogP contribution in [-0.2, 0) is 0 Å². The summed E-state index contributed by atoms with van der Waals surface area (Å²) in [6.07, 6.45) is 1.74. The second-order valence-corrected chi connectivity index (χ2v) is 4.08. The number of rotatable bonds is 2. The zero-order valence-electron chi connectivity index (χ0n) is 9.94. The molecule has 0 saturated heterocycles. The van der Waals surface area contributed by atoms with Crippen LogP contribution in [0.15, 0.2) is 47.5 Å². The Kier molecular flexibility index (Phi) is 3.33. The molecule has 2 aromatic carbocycles. The van der Waals surface area contributed by atoms with Crippen LogP contribution in [0.4, 0.5) is 10.1 Å². The van der Waals surface area contributed by atoms with Crippen molar-refractivity contribution in [2.45, 2.75) is 13.8 Å². The van der Waals surface area contributed by atoms with Gasteiger partial charge in [-0.1, -0.05) is 18.2 Å². The zero-order valence-corrected chi connectivity index (χ0v) is 9.94. The first-order chi connectivity index (χ1) is 8.15. The summed E-state index contributed by atoms with van der Waals surface area (Å²) in [4.78, 5) is 4.36. The Morgan fingerprint density at radius 3 is 2.29 bits per heavy atom. The minimum absolute atomic E-state index is 0.228. The van der Waals surface area contributed by atoms with Crippen molar-refractivity contribution >= 4 is 11.9 Å². The summed E-state index contributed by atoms with van der Waals surface area (Å²) < 4.78 is 12.7. The van der Waals surface area contributed by atoms with Crippen LogP contribution in [0.5, 0.6) is 0 Å². The highest BCUT2D eigenvalue weighted by atomic mass is 19.1. The summed E-state index contributed by atoms with van der Waals surface area (Å²) in [5.41, 5.74) is 4.28. The fraction of sp³-hybridized carbons (Fsp3) is 0.133. The molecule has 0 N–H and O–H groups in total. The summed E-state index contributed by atoms with van der Waals surface area (Å²) in [6, 6.07) is 12.3. The minimum atomic E-state index is -0.228. The van der Waals surface area contributed by atoms with Gasteiger partial charge in [-0.3, -0.25) is 4.99 Å². The van der Waals surface area contributed by atoms with Crippen molar-refractivity contribution in [1.29, 1.82) is 0 Å². The highest BCUT2D eigenvalue weighted by Gasteiger charge is 1.94. The number of nitrogens with zero attached hydrogens (tertiary/aromatic N) is 1. The van der Waals surface area contributed by atoms with Gasteiger partial charge in [0.1, 0.15) is 5.82 Å². The van der Waals surface area contributed by atoms with Crippen molar-refractivity contribution in [1.82, 2.24) is 0 Å². The van der Waals surface area contributed by atoms with E-state index in [0.717, 1.165) is 11.3 Å². The van der Waals surface area contributed by atoms with Crippen LogP contribution in [0.25, 0.3) is 0 Å². The third-order valence-corrected chi connectivity index (χ3v) is 2.72. The van der Waals surface area contributed by atoms with Gasteiger partial charge in [-0.25, -0.2) is 4.39 Å². The first kappa shape index (κ1) is 11.5. The molecule has 0 aliphatic carbocycles. The molecule has 0 heterocycles. The summed E-state index contributed by atoms with van der Waals surface area (Å²) in [6.45, 7) is 4.13. The van der Waals surface area contributed by atoms with Gasteiger partial charge in [0.15, 0.2) is 0 Å². The Morgan fingerprint density at radius 2 is 1.65 bits per heavy atom. The van der Waals surface area contributed by atoms with E-state index in [2.05, 4.69) is 18.8 Å². The van der Waals surface area contributed by atoms with Crippen LogP contribution < -0.4 is 0 Å². The van der Waals surface area contributed by atoms with Crippen molar-refractivity contribution in [3.8, 4) is 0 Å². The van der Waals surface area contributed by atoms with Crippen LogP contribution in [0.2, 0.25) is 0 Å². The Balaban J connectivity index is 2.20. The van der Waals surface area contributed by atoms with Gasteiger partial charge in [0.2, 0.25) is 0 Å². The molecule has 2 aromatic rings. The van der Waals surface area contributed by atoms with Crippen LogP contribution in [-0.4, -0.2) is 6.21 Å². The number of hydrogen-bond acceptors (Lipinski definition) is 1. The van der Waals surface area contributed by atoms with Crippen LogP contribution in [0.1, 0.15) is 16.7 Å². The quantitative estimate of drug-likeness (QED) is 0.682. The average molecular weight is 227 g/mol. The first-order valence-corrected chi connectivity index (χ1v) is 5.52. The zero-order chi connectivity index (χ0) is 12.3. The van der Waals surface area contributed by atoms with Gasteiger partial charge < -0.3 is 0 Å². The number of aryl methyl sites for hydroxylation is 2. The monoisotopic (exact) mass is 227 g/mol. The summed E-state index contributed by atoms with van der Waals surface area (Å²) in [5.74, 6) is -0.228. The maximum absolute atomic E-state index is 12.7. The van der Waals surface area contributed by atoms with E-state index in [1.165, 1.54) is 23.3 Å². The largest absolute Gasteiger partial charge is 0.256 e. The molecule has 0 amide bonds. The molecule has 0 radical (unpaired) electrons. The van der Waals surface area contributed by atoms with Crippen molar-refractivity contribution in [3.05, 3.63) is 65.0 Å². The second kappa shape index (κ2) is 4.91. The third kappa shape index (κ3) is 3.00. The molecule has 0 saturated carbocycles. The standard InChI is InChI=1S/C15H14FN/c1-11-3-8-15(9-12(11)2)17-10-13-4-6-14(16)7-5-13/h3-10H,1-2H3/b17-10+. The molecule has 2 heteroatoms. The van der Waals surface area contributed by atoms with Crippen LogP contribution in [0.3, 0.4) is 0 Å². The Hall–Kier alpha value is -1.96. The van der Waals surface area contributed by atoms with Gasteiger partial charge in [0.05, 0.1) is 5.69 Å². The van der Waals surface area contributed by atoms with Crippen molar-refractivity contribution in [2.75, 3.05) is 0 Å². The van der Waals surface area contributed by atoms with E-state index in [1.54, 1.807) is 18.3 Å². The normalized spacial score (nSPS) is 11.0.